The maximum atomic E-state index is 10.9. The van der Waals surface area contributed by atoms with E-state index in [-0.39, 0.29) is 6.16 Å². The zero-order valence-electron chi connectivity index (χ0n) is 15.7. The van der Waals surface area contributed by atoms with Crippen molar-refractivity contribution in [2.24, 2.45) is 0 Å². The van der Waals surface area contributed by atoms with Gasteiger partial charge in [0.1, 0.15) is 11.5 Å². The van der Waals surface area contributed by atoms with Crippen LogP contribution in [0.3, 0.4) is 0 Å². The van der Waals surface area contributed by atoms with E-state index in [0.717, 1.165) is 59.1 Å². The molecule has 0 aliphatic heterocycles. The molecule has 3 rings (SSSR count). The summed E-state index contributed by atoms with van der Waals surface area (Å²) in [6.07, 6.45) is 3.25. The van der Waals surface area contributed by atoms with Crippen molar-refractivity contribution >= 4 is 29.4 Å². The standard InChI is InChI=1S/C20H26NO5P/c1-25-15-7-9-19-17(13-15)18-14-16(26-2)8-10-20(18)21(19)11-5-3-4-6-12-27(22,23)24/h7-10,13-14H,3-6,11-12H2,1-2H3,(H2,22,23,24). The van der Waals surface area contributed by atoms with Crippen molar-refractivity contribution in [3.63, 3.8) is 0 Å². The predicted molar refractivity (Wildman–Crippen MR) is 108 cm³/mol. The minimum Gasteiger partial charge on any atom is -0.497 e. The number of fused-ring (bicyclic) bond motifs is 3. The van der Waals surface area contributed by atoms with Crippen molar-refractivity contribution in [3.05, 3.63) is 36.4 Å². The van der Waals surface area contributed by atoms with Crippen molar-refractivity contribution in [3.8, 4) is 11.5 Å². The van der Waals surface area contributed by atoms with E-state index >= 15 is 0 Å². The van der Waals surface area contributed by atoms with Gasteiger partial charge >= 0.3 is 7.60 Å². The molecule has 0 aliphatic rings. The fourth-order valence-electron chi connectivity index (χ4n) is 3.50. The summed E-state index contributed by atoms with van der Waals surface area (Å²) in [6, 6.07) is 12.2. The average molecular weight is 391 g/mol. The van der Waals surface area contributed by atoms with Crippen molar-refractivity contribution in [1.29, 1.82) is 0 Å². The van der Waals surface area contributed by atoms with Gasteiger partial charge < -0.3 is 23.8 Å². The Morgan fingerprint density at radius 3 is 1.85 bits per heavy atom. The van der Waals surface area contributed by atoms with Crippen LogP contribution < -0.4 is 9.47 Å². The van der Waals surface area contributed by atoms with Crippen molar-refractivity contribution in [2.75, 3.05) is 20.4 Å². The van der Waals surface area contributed by atoms with Gasteiger partial charge in [-0.1, -0.05) is 12.8 Å². The summed E-state index contributed by atoms with van der Waals surface area (Å²) in [5, 5.41) is 2.26. The molecule has 0 fully saturated rings. The van der Waals surface area contributed by atoms with E-state index in [9.17, 15) is 4.57 Å². The van der Waals surface area contributed by atoms with Crippen LogP contribution in [0.5, 0.6) is 11.5 Å². The van der Waals surface area contributed by atoms with Crippen LogP contribution in [0.4, 0.5) is 0 Å². The third kappa shape index (κ3) is 4.64. The molecule has 0 spiro atoms. The van der Waals surface area contributed by atoms with E-state index in [1.54, 1.807) is 14.2 Å². The maximum Gasteiger partial charge on any atom is 0.325 e. The molecule has 1 aromatic heterocycles. The Balaban J connectivity index is 1.82. The Labute approximate surface area is 158 Å². The van der Waals surface area contributed by atoms with Gasteiger partial charge in [-0.05, 0) is 49.2 Å². The number of unbranched alkanes of at least 4 members (excludes halogenated alkanes) is 3. The fraction of sp³-hybridized carbons (Fsp3) is 0.400. The molecule has 3 aromatic rings. The first-order valence-corrected chi connectivity index (χ1v) is 10.9. The molecular weight excluding hydrogens is 365 g/mol. The van der Waals surface area contributed by atoms with Gasteiger partial charge in [0.2, 0.25) is 0 Å². The zero-order chi connectivity index (χ0) is 19.4. The Morgan fingerprint density at radius 2 is 1.37 bits per heavy atom. The molecule has 146 valence electrons. The van der Waals surface area contributed by atoms with Gasteiger partial charge in [0.25, 0.3) is 0 Å². The van der Waals surface area contributed by atoms with Gasteiger partial charge in [-0.25, -0.2) is 0 Å². The summed E-state index contributed by atoms with van der Waals surface area (Å²) in [5.74, 6) is 1.64. The molecular formula is C20H26NO5P. The molecule has 6 nitrogen and oxygen atoms in total. The first-order chi connectivity index (χ1) is 12.9. The van der Waals surface area contributed by atoms with E-state index in [4.69, 9.17) is 19.3 Å². The Morgan fingerprint density at radius 1 is 0.852 bits per heavy atom. The molecule has 0 saturated heterocycles. The van der Waals surface area contributed by atoms with Crippen LogP contribution in [0.2, 0.25) is 0 Å². The lowest BCUT2D eigenvalue weighted by atomic mass is 10.1. The Hall–Kier alpha value is -2.01. The summed E-state index contributed by atoms with van der Waals surface area (Å²) < 4.78 is 24.0. The lowest BCUT2D eigenvalue weighted by molar-refractivity contribution is 0.370. The molecule has 0 unspecified atom stereocenters. The lowest BCUT2D eigenvalue weighted by Crippen LogP contribution is -1.98. The molecule has 7 heteroatoms. The van der Waals surface area contributed by atoms with Crippen molar-refractivity contribution in [1.82, 2.24) is 4.57 Å². The quantitative estimate of drug-likeness (QED) is 0.413. The fourth-order valence-corrected chi connectivity index (χ4v) is 4.13. The van der Waals surface area contributed by atoms with Gasteiger partial charge in [0.15, 0.2) is 0 Å². The van der Waals surface area contributed by atoms with Crippen LogP contribution in [-0.4, -0.2) is 34.7 Å². The van der Waals surface area contributed by atoms with Crippen molar-refractivity contribution < 1.29 is 23.8 Å². The topological polar surface area (TPSA) is 80.9 Å². The van der Waals surface area contributed by atoms with E-state index in [1.165, 1.54) is 0 Å². The summed E-state index contributed by atoms with van der Waals surface area (Å²) in [6.45, 7) is 0.856. The highest BCUT2D eigenvalue weighted by atomic mass is 31.2. The predicted octanol–water partition coefficient (Wildman–Crippen LogP) is 4.55. The molecule has 0 bridgehead atoms. The van der Waals surface area contributed by atoms with Crippen LogP contribution in [0.15, 0.2) is 36.4 Å². The number of rotatable bonds is 9. The smallest absolute Gasteiger partial charge is 0.325 e. The number of hydrogen-bond acceptors (Lipinski definition) is 3. The number of methoxy groups -OCH3 is 2. The number of hydrogen-bond donors (Lipinski definition) is 2. The number of nitrogens with zero attached hydrogens (tertiary/aromatic N) is 1. The molecule has 0 saturated carbocycles. The summed E-state index contributed by atoms with van der Waals surface area (Å²) in [5.41, 5.74) is 2.29. The summed E-state index contributed by atoms with van der Waals surface area (Å²) in [4.78, 5) is 17.9. The monoisotopic (exact) mass is 391 g/mol. The Kier molecular flexibility index (Phi) is 6.10. The third-order valence-corrected chi connectivity index (χ3v) is 5.76. The molecule has 0 aliphatic carbocycles. The highest BCUT2D eigenvalue weighted by Crippen LogP contribution is 2.36. The molecule has 1 heterocycles. The van der Waals surface area contributed by atoms with Crippen LogP contribution in [-0.2, 0) is 11.1 Å². The summed E-state index contributed by atoms with van der Waals surface area (Å²) in [7, 11) is -0.542. The normalized spacial score (nSPS) is 12.0. The highest BCUT2D eigenvalue weighted by Gasteiger charge is 2.13. The second-order valence-corrected chi connectivity index (χ2v) is 8.50. The molecule has 2 N–H and O–H groups in total. The minimum absolute atomic E-state index is 0.0258. The lowest BCUT2D eigenvalue weighted by Gasteiger charge is -2.09. The van der Waals surface area contributed by atoms with E-state index < -0.39 is 7.60 Å². The summed E-state index contributed by atoms with van der Waals surface area (Å²) >= 11 is 0. The number of benzene rings is 2. The van der Waals surface area contributed by atoms with Crippen LogP contribution in [0.1, 0.15) is 25.7 Å². The number of aryl methyl sites for hydroxylation is 1. The van der Waals surface area contributed by atoms with Gasteiger partial charge in [-0.15, -0.1) is 0 Å². The third-order valence-electron chi connectivity index (χ3n) is 4.86. The van der Waals surface area contributed by atoms with Gasteiger partial charge in [0, 0.05) is 34.5 Å². The van der Waals surface area contributed by atoms with E-state index in [2.05, 4.69) is 16.7 Å². The SMILES string of the molecule is COc1ccc2c(c1)c1cc(OC)ccc1n2CCCCCCP(=O)(O)O. The van der Waals surface area contributed by atoms with Gasteiger partial charge in [0.05, 0.1) is 14.2 Å². The molecule has 0 amide bonds. The van der Waals surface area contributed by atoms with Crippen LogP contribution in [0.25, 0.3) is 21.8 Å². The number of ether oxygens (including phenoxy) is 2. The second-order valence-electron chi connectivity index (χ2n) is 6.72. The average Bonchev–Trinajstić information content (AvgIpc) is 2.96. The van der Waals surface area contributed by atoms with E-state index in [1.807, 2.05) is 24.3 Å². The van der Waals surface area contributed by atoms with Crippen LogP contribution >= 0.6 is 7.60 Å². The van der Waals surface area contributed by atoms with Crippen LogP contribution in [0, 0.1) is 0 Å². The second kappa shape index (κ2) is 8.34. The maximum absolute atomic E-state index is 10.9. The van der Waals surface area contributed by atoms with Gasteiger partial charge in [-0.2, -0.15) is 0 Å². The molecule has 2 aromatic carbocycles. The van der Waals surface area contributed by atoms with E-state index in [0.29, 0.717) is 6.42 Å². The number of aromatic nitrogens is 1. The molecule has 0 radical (unpaired) electrons. The largest absolute Gasteiger partial charge is 0.497 e. The first kappa shape index (κ1) is 19.7. The first-order valence-electron chi connectivity index (χ1n) is 9.11. The molecule has 0 atom stereocenters. The highest BCUT2D eigenvalue weighted by molar-refractivity contribution is 7.51. The van der Waals surface area contributed by atoms with Gasteiger partial charge in [-0.3, -0.25) is 4.57 Å². The Bertz CT molecular complexity index is 914. The molecule has 27 heavy (non-hydrogen) atoms. The zero-order valence-corrected chi connectivity index (χ0v) is 16.6. The minimum atomic E-state index is -3.87. The van der Waals surface area contributed by atoms with Crippen molar-refractivity contribution in [2.45, 2.75) is 32.2 Å².